The minimum absolute atomic E-state index is 0.0922. The lowest BCUT2D eigenvalue weighted by Gasteiger charge is -2.12. The van der Waals surface area contributed by atoms with Crippen molar-refractivity contribution in [2.45, 2.75) is 12.6 Å². The summed E-state index contributed by atoms with van der Waals surface area (Å²) in [5.74, 6) is 0.537. The molecule has 0 bridgehead atoms. The second-order valence-corrected chi connectivity index (χ2v) is 4.90. The van der Waals surface area contributed by atoms with Crippen LogP contribution in [0.4, 0.5) is 4.39 Å². The number of halogens is 2. The molecule has 4 heteroatoms. The van der Waals surface area contributed by atoms with Crippen LogP contribution in [-0.4, -0.2) is 6.61 Å². The molecule has 1 aliphatic heterocycles. The fourth-order valence-electron chi connectivity index (χ4n) is 2.25. The number of hydrogen-bond donors (Lipinski definition) is 1. The van der Waals surface area contributed by atoms with Crippen LogP contribution in [-0.2, 0) is 6.54 Å². The van der Waals surface area contributed by atoms with Gasteiger partial charge in [0.1, 0.15) is 18.2 Å². The zero-order valence-electron chi connectivity index (χ0n) is 10.2. The van der Waals surface area contributed by atoms with E-state index in [1.165, 1.54) is 0 Å². The first-order valence-corrected chi connectivity index (χ1v) is 6.51. The molecule has 1 unspecified atom stereocenters. The Morgan fingerprint density at radius 1 is 1.21 bits per heavy atom. The average molecular weight is 278 g/mol. The molecular formula is C15H13ClFNO. The summed E-state index contributed by atoms with van der Waals surface area (Å²) in [5.41, 5.74) is 1.68. The Morgan fingerprint density at radius 2 is 2.05 bits per heavy atom. The summed E-state index contributed by atoms with van der Waals surface area (Å²) in [5, 5.41) is 3.45. The summed E-state index contributed by atoms with van der Waals surface area (Å²) in [4.78, 5) is 0. The van der Waals surface area contributed by atoms with Gasteiger partial charge in [-0.25, -0.2) is 4.39 Å². The standard InChI is InChI=1S/C15H13ClFNO/c16-12-6-3-4-10(15(12)17)8-18-13-9-19-14-7-2-1-5-11(13)14/h1-7,13,18H,8-9H2. The van der Waals surface area contributed by atoms with Crippen molar-refractivity contribution in [1.29, 1.82) is 0 Å². The lowest BCUT2D eigenvalue weighted by atomic mass is 10.1. The minimum Gasteiger partial charge on any atom is -0.491 e. The number of ether oxygens (including phenoxy) is 1. The van der Waals surface area contributed by atoms with Crippen LogP contribution >= 0.6 is 11.6 Å². The molecule has 0 fully saturated rings. The number of rotatable bonds is 3. The van der Waals surface area contributed by atoms with Crippen molar-refractivity contribution in [2.24, 2.45) is 0 Å². The number of benzene rings is 2. The van der Waals surface area contributed by atoms with Crippen LogP contribution in [0.15, 0.2) is 42.5 Å². The molecule has 1 atom stereocenters. The lowest BCUT2D eigenvalue weighted by Crippen LogP contribution is -2.22. The van der Waals surface area contributed by atoms with Crippen LogP contribution in [0, 0.1) is 5.82 Å². The van der Waals surface area contributed by atoms with Gasteiger partial charge in [-0.1, -0.05) is 41.9 Å². The molecule has 0 radical (unpaired) electrons. The second kappa shape index (κ2) is 5.19. The van der Waals surface area contributed by atoms with Crippen molar-refractivity contribution in [3.05, 3.63) is 64.4 Å². The summed E-state index contributed by atoms with van der Waals surface area (Å²) < 4.78 is 19.3. The highest BCUT2D eigenvalue weighted by Gasteiger charge is 2.23. The van der Waals surface area contributed by atoms with E-state index in [-0.39, 0.29) is 16.9 Å². The fraction of sp³-hybridized carbons (Fsp3) is 0.200. The maximum Gasteiger partial charge on any atom is 0.146 e. The molecule has 2 aromatic carbocycles. The Hall–Kier alpha value is -1.58. The Morgan fingerprint density at radius 3 is 2.95 bits per heavy atom. The topological polar surface area (TPSA) is 21.3 Å². The third kappa shape index (κ3) is 2.44. The van der Waals surface area contributed by atoms with Crippen LogP contribution < -0.4 is 10.1 Å². The van der Waals surface area contributed by atoms with Gasteiger partial charge in [0.15, 0.2) is 0 Å². The molecule has 3 rings (SSSR count). The third-order valence-corrected chi connectivity index (χ3v) is 3.56. The molecule has 19 heavy (non-hydrogen) atoms. The Labute approximate surface area is 116 Å². The number of nitrogens with one attached hydrogen (secondary N) is 1. The van der Waals surface area contributed by atoms with Crippen molar-refractivity contribution in [2.75, 3.05) is 6.61 Å². The first-order valence-electron chi connectivity index (χ1n) is 6.13. The maximum absolute atomic E-state index is 13.8. The quantitative estimate of drug-likeness (QED) is 0.924. The van der Waals surface area contributed by atoms with Gasteiger partial charge in [0, 0.05) is 17.7 Å². The zero-order valence-corrected chi connectivity index (χ0v) is 11.0. The van der Waals surface area contributed by atoms with Gasteiger partial charge in [-0.2, -0.15) is 0 Å². The molecule has 0 aliphatic carbocycles. The van der Waals surface area contributed by atoms with E-state index in [1.54, 1.807) is 18.2 Å². The largest absolute Gasteiger partial charge is 0.491 e. The molecule has 2 aromatic rings. The predicted octanol–water partition coefficient (Wildman–Crippen LogP) is 3.70. The van der Waals surface area contributed by atoms with Crippen molar-refractivity contribution in [3.63, 3.8) is 0 Å². The molecule has 0 aromatic heterocycles. The summed E-state index contributed by atoms with van der Waals surface area (Å²) in [7, 11) is 0. The van der Waals surface area contributed by atoms with E-state index < -0.39 is 0 Å². The number of para-hydroxylation sites is 1. The lowest BCUT2D eigenvalue weighted by molar-refractivity contribution is 0.310. The van der Waals surface area contributed by atoms with Gasteiger partial charge >= 0.3 is 0 Å². The normalized spacial score (nSPS) is 17.1. The van der Waals surface area contributed by atoms with E-state index in [1.807, 2.05) is 24.3 Å². The van der Waals surface area contributed by atoms with Crippen LogP contribution in [0.25, 0.3) is 0 Å². The monoisotopic (exact) mass is 277 g/mol. The Kier molecular flexibility index (Phi) is 3.40. The molecule has 1 aliphatic rings. The molecule has 0 amide bonds. The van der Waals surface area contributed by atoms with E-state index in [0.29, 0.717) is 18.7 Å². The predicted molar refractivity (Wildman–Crippen MR) is 72.9 cm³/mol. The maximum atomic E-state index is 13.8. The summed E-state index contributed by atoms with van der Waals surface area (Å²) >= 11 is 5.76. The van der Waals surface area contributed by atoms with Gasteiger partial charge in [-0.15, -0.1) is 0 Å². The molecule has 0 spiro atoms. The zero-order chi connectivity index (χ0) is 13.2. The van der Waals surface area contributed by atoms with Crippen LogP contribution in [0.2, 0.25) is 5.02 Å². The van der Waals surface area contributed by atoms with E-state index in [9.17, 15) is 4.39 Å². The molecule has 0 saturated heterocycles. The molecule has 1 N–H and O–H groups in total. The summed E-state index contributed by atoms with van der Waals surface area (Å²) in [6, 6.07) is 13.0. The van der Waals surface area contributed by atoms with E-state index >= 15 is 0 Å². The first kappa shape index (κ1) is 12.5. The molecular weight excluding hydrogens is 265 g/mol. The van der Waals surface area contributed by atoms with Gasteiger partial charge in [-0.05, 0) is 12.1 Å². The van der Waals surface area contributed by atoms with E-state index in [4.69, 9.17) is 16.3 Å². The Balaban J connectivity index is 1.73. The number of hydrogen-bond acceptors (Lipinski definition) is 2. The third-order valence-electron chi connectivity index (χ3n) is 3.27. The van der Waals surface area contributed by atoms with Crippen LogP contribution in [0.5, 0.6) is 5.75 Å². The second-order valence-electron chi connectivity index (χ2n) is 4.50. The molecule has 98 valence electrons. The van der Waals surface area contributed by atoms with Crippen molar-refractivity contribution >= 4 is 11.6 Å². The van der Waals surface area contributed by atoms with Gasteiger partial charge in [0.05, 0.1) is 11.1 Å². The summed E-state index contributed by atoms with van der Waals surface area (Å²) in [6.07, 6.45) is 0. The fourth-order valence-corrected chi connectivity index (χ4v) is 2.44. The van der Waals surface area contributed by atoms with Crippen LogP contribution in [0.3, 0.4) is 0 Å². The SMILES string of the molecule is Fc1c(Cl)cccc1CNC1COc2ccccc21. The smallest absolute Gasteiger partial charge is 0.146 e. The van der Waals surface area contributed by atoms with Gasteiger partial charge in [-0.3, -0.25) is 0 Å². The van der Waals surface area contributed by atoms with Gasteiger partial charge in [0.2, 0.25) is 0 Å². The first-order chi connectivity index (χ1) is 9.25. The molecule has 1 heterocycles. The van der Waals surface area contributed by atoms with E-state index in [0.717, 1.165) is 11.3 Å². The van der Waals surface area contributed by atoms with Crippen LogP contribution in [0.1, 0.15) is 17.2 Å². The highest BCUT2D eigenvalue weighted by atomic mass is 35.5. The molecule has 0 saturated carbocycles. The van der Waals surface area contributed by atoms with Gasteiger partial charge in [0.25, 0.3) is 0 Å². The van der Waals surface area contributed by atoms with Crippen molar-refractivity contribution in [3.8, 4) is 5.75 Å². The Bertz CT molecular complexity index is 602. The van der Waals surface area contributed by atoms with Crippen molar-refractivity contribution < 1.29 is 9.13 Å². The highest BCUT2D eigenvalue weighted by Crippen LogP contribution is 2.32. The van der Waals surface area contributed by atoms with Gasteiger partial charge < -0.3 is 10.1 Å². The molecule has 2 nitrogen and oxygen atoms in total. The average Bonchev–Trinajstić information content (AvgIpc) is 2.84. The number of fused-ring (bicyclic) bond motifs is 1. The summed E-state index contributed by atoms with van der Waals surface area (Å²) in [6.45, 7) is 0.996. The minimum atomic E-state index is -0.358. The van der Waals surface area contributed by atoms with Crippen molar-refractivity contribution in [1.82, 2.24) is 5.32 Å². The van der Waals surface area contributed by atoms with E-state index in [2.05, 4.69) is 5.32 Å². The highest BCUT2D eigenvalue weighted by molar-refractivity contribution is 6.30.